The highest BCUT2D eigenvalue weighted by Crippen LogP contribution is 2.40. The number of carbonyl (C=O) groups excluding carboxylic acids is 3. The van der Waals surface area contributed by atoms with Gasteiger partial charge in [-0.1, -0.05) is 11.6 Å². The summed E-state index contributed by atoms with van der Waals surface area (Å²) in [6, 6.07) is 8.70. The van der Waals surface area contributed by atoms with Crippen molar-refractivity contribution in [1.82, 2.24) is 10.2 Å². The van der Waals surface area contributed by atoms with Crippen LogP contribution in [-0.4, -0.2) is 69.1 Å². The van der Waals surface area contributed by atoms with Crippen LogP contribution in [0, 0.1) is 6.92 Å². The zero-order valence-electron chi connectivity index (χ0n) is 20.4. The molecule has 9 nitrogen and oxygen atoms in total. The average Bonchev–Trinajstić information content (AvgIpc) is 2.87. The molecular formula is C26H30N2O7. The van der Waals surface area contributed by atoms with Crippen LogP contribution >= 0.6 is 0 Å². The summed E-state index contributed by atoms with van der Waals surface area (Å²) in [5.41, 5.74) is 1.34. The van der Waals surface area contributed by atoms with Crippen LogP contribution in [0.3, 0.4) is 0 Å². The topological polar surface area (TPSA) is 103 Å². The minimum Gasteiger partial charge on any atom is -0.493 e. The molecule has 1 saturated heterocycles. The molecule has 186 valence electrons. The van der Waals surface area contributed by atoms with Gasteiger partial charge >= 0.3 is 0 Å². The molecule has 2 heterocycles. The summed E-state index contributed by atoms with van der Waals surface area (Å²) in [5.74, 6) is 1.15. The zero-order valence-corrected chi connectivity index (χ0v) is 20.4. The summed E-state index contributed by atoms with van der Waals surface area (Å²) in [7, 11) is 4.42. The summed E-state index contributed by atoms with van der Waals surface area (Å²) < 4.78 is 22.1. The number of hydrogen-bond donors (Lipinski definition) is 1. The van der Waals surface area contributed by atoms with Crippen molar-refractivity contribution in [3.05, 3.63) is 47.0 Å². The number of nitrogens with one attached hydrogen (secondary N) is 1. The molecule has 1 fully saturated rings. The minimum absolute atomic E-state index is 0.0762. The van der Waals surface area contributed by atoms with Crippen LogP contribution in [-0.2, 0) is 4.79 Å². The van der Waals surface area contributed by atoms with Crippen molar-refractivity contribution < 1.29 is 33.3 Å². The lowest BCUT2D eigenvalue weighted by atomic mass is 9.82. The van der Waals surface area contributed by atoms with Gasteiger partial charge in [0.2, 0.25) is 11.7 Å². The van der Waals surface area contributed by atoms with Gasteiger partial charge in [0.05, 0.1) is 39.9 Å². The smallest absolute Gasteiger partial charge is 0.251 e. The first-order valence-electron chi connectivity index (χ1n) is 11.5. The van der Waals surface area contributed by atoms with Gasteiger partial charge in [-0.25, -0.2) is 0 Å². The molecule has 0 radical (unpaired) electrons. The number of ketones is 1. The van der Waals surface area contributed by atoms with Gasteiger partial charge in [-0.3, -0.25) is 14.4 Å². The fraction of sp³-hybridized carbons (Fsp3) is 0.423. The fourth-order valence-corrected chi connectivity index (χ4v) is 4.63. The molecule has 0 atom stereocenters. The number of methoxy groups -OCH3 is 3. The summed E-state index contributed by atoms with van der Waals surface area (Å²) >= 11 is 0. The second kappa shape index (κ2) is 9.85. The molecule has 2 aliphatic rings. The number of aryl methyl sites for hydroxylation is 1. The normalized spacial score (nSPS) is 16.2. The van der Waals surface area contributed by atoms with E-state index in [1.807, 2.05) is 25.1 Å². The summed E-state index contributed by atoms with van der Waals surface area (Å²) in [5, 5.41) is 2.67. The average molecular weight is 483 g/mol. The Kier molecular flexibility index (Phi) is 6.86. The molecule has 9 heteroatoms. The standard InChI is InChI=1S/C26H30N2O7/c1-16-5-6-20-18(11-16)19(29)14-26(35-20)7-9-28(10-8-26)23(30)15-27-25(31)17-12-21(32-2)24(34-4)22(13-17)33-3/h5-6,11-13H,7-10,14-15H2,1-4H3,(H,27,31). The lowest BCUT2D eigenvalue weighted by Gasteiger charge is -2.44. The van der Waals surface area contributed by atoms with Crippen molar-refractivity contribution in [2.45, 2.75) is 31.8 Å². The molecule has 2 amide bonds. The van der Waals surface area contributed by atoms with Crippen LogP contribution in [0.1, 0.15) is 45.5 Å². The third kappa shape index (κ3) is 4.89. The second-order valence-electron chi connectivity index (χ2n) is 8.86. The van der Waals surface area contributed by atoms with Crippen molar-refractivity contribution >= 4 is 17.6 Å². The molecule has 0 bridgehead atoms. The van der Waals surface area contributed by atoms with Gasteiger partial charge in [0.25, 0.3) is 5.91 Å². The molecule has 0 aliphatic carbocycles. The Hall–Kier alpha value is -3.75. The van der Waals surface area contributed by atoms with Crippen LogP contribution in [0.15, 0.2) is 30.3 Å². The predicted molar refractivity (Wildman–Crippen MR) is 128 cm³/mol. The number of piperidine rings is 1. The molecule has 0 aromatic heterocycles. The number of rotatable bonds is 6. The molecule has 2 aliphatic heterocycles. The van der Waals surface area contributed by atoms with E-state index in [-0.39, 0.29) is 23.8 Å². The maximum Gasteiger partial charge on any atom is 0.251 e. The van der Waals surface area contributed by atoms with Crippen molar-refractivity contribution in [3.63, 3.8) is 0 Å². The van der Waals surface area contributed by atoms with E-state index in [4.69, 9.17) is 18.9 Å². The second-order valence-corrected chi connectivity index (χ2v) is 8.86. The molecule has 1 spiro atoms. The van der Waals surface area contributed by atoms with Crippen molar-refractivity contribution in [1.29, 1.82) is 0 Å². The maximum absolute atomic E-state index is 12.8. The highest BCUT2D eigenvalue weighted by molar-refractivity contribution is 6.00. The van der Waals surface area contributed by atoms with E-state index in [9.17, 15) is 14.4 Å². The number of amides is 2. The predicted octanol–water partition coefficient (Wildman–Crippen LogP) is 2.78. The quantitative estimate of drug-likeness (QED) is 0.675. The van der Waals surface area contributed by atoms with Crippen LogP contribution < -0.4 is 24.3 Å². The van der Waals surface area contributed by atoms with Gasteiger partial charge in [-0.05, 0) is 31.2 Å². The van der Waals surface area contributed by atoms with Crippen LogP contribution in [0.5, 0.6) is 23.0 Å². The summed E-state index contributed by atoms with van der Waals surface area (Å²) in [4.78, 5) is 39.9. The minimum atomic E-state index is -0.588. The maximum atomic E-state index is 12.8. The summed E-state index contributed by atoms with van der Waals surface area (Å²) in [6.45, 7) is 2.70. The molecule has 0 saturated carbocycles. The van der Waals surface area contributed by atoms with Gasteiger partial charge in [-0.15, -0.1) is 0 Å². The van der Waals surface area contributed by atoms with Gasteiger partial charge < -0.3 is 29.2 Å². The molecular weight excluding hydrogens is 452 g/mol. The van der Waals surface area contributed by atoms with E-state index >= 15 is 0 Å². The Balaban J connectivity index is 1.35. The van der Waals surface area contributed by atoms with Gasteiger partial charge in [-0.2, -0.15) is 0 Å². The van der Waals surface area contributed by atoms with E-state index < -0.39 is 11.5 Å². The molecule has 0 unspecified atom stereocenters. The number of ether oxygens (including phenoxy) is 4. The van der Waals surface area contributed by atoms with E-state index in [0.717, 1.165) is 5.56 Å². The number of benzene rings is 2. The molecule has 2 aromatic carbocycles. The number of likely N-dealkylation sites (tertiary alicyclic amines) is 1. The van der Waals surface area contributed by atoms with Crippen LogP contribution in [0.2, 0.25) is 0 Å². The van der Waals surface area contributed by atoms with Gasteiger partial charge in [0.1, 0.15) is 11.4 Å². The Morgan fingerprint density at radius 1 is 1.03 bits per heavy atom. The zero-order chi connectivity index (χ0) is 25.2. The van der Waals surface area contributed by atoms with E-state index in [2.05, 4.69) is 5.32 Å². The number of fused-ring (bicyclic) bond motifs is 1. The Bertz CT molecular complexity index is 1130. The Morgan fingerprint density at radius 3 is 2.29 bits per heavy atom. The number of carbonyl (C=O) groups is 3. The van der Waals surface area contributed by atoms with Crippen molar-refractivity contribution in [2.75, 3.05) is 41.0 Å². The van der Waals surface area contributed by atoms with E-state index in [0.29, 0.717) is 60.9 Å². The molecule has 2 aromatic rings. The van der Waals surface area contributed by atoms with Gasteiger partial charge in [0.15, 0.2) is 17.3 Å². The summed E-state index contributed by atoms with van der Waals surface area (Å²) in [6.07, 6.45) is 1.42. The van der Waals surface area contributed by atoms with Crippen molar-refractivity contribution in [3.8, 4) is 23.0 Å². The van der Waals surface area contributed by atoms with E-state index in [1.54, 1.807) is 4.90 Å². The van der Waals surface area contributed by atoms with E-state index in [1.165, 1.54) is 33.5 Å². The first-order valence-corrected chi connectivity index (χ1v) is 11.5. The first-order chi connectivity index (χ1) is 16.8. The highest BCUT2D eigenvalue weighted by atomic mass is 16.5. The molecule has 35 heavy (non-hydrogen) atoms. The van der Waals surface area contributed by atoms with Crippen molar-refractivity contribution in [2.24, 2.45) is 0 Å². The largest absolute Gasteiger partial charge is 0.493 e. The van der Waals surface area contributed by atoms with Crippen LogP contribution in [0.4, 0.5) is 0 Å². The number of Topliss-reactive ketones (excluding diaryl/α,β-unsaturated/α-hetero) is 1. The lowest BCUT2D eigenvalue weighted by molar-refractivity contribution is -0.133. The number of nitrogens with zero attached hydrogens (tertiary/aromatic N) is 1. The SMILES string of the molecule is COc1cc(C(=O)NCC(=O)N2CCC3(CC2)CC(=O)c2cc(C)ccc2O3)cc(OC)c1OC. The third-order valence-corrected chi connectivity index (χ3v) is 6.60. The Labute approximate surface area is 204 Å². The van der Waals surface area contributed by atoms with Gasteiger partial charge in [0, 0.05) is 31.5 Å². The molecule has 1 N–H and O–H groups in total. The fourth-order valence-electron chi connectivity index (χ4n) is 4.63. The van der Waals surface area contributed by atoms with Crippen LogP contribution in [0.25, 0.3) is 0 Å². The number of hydrogen-bond acceptors (Lipinski definition) is 7. The molecule has 4 rings (SSSR count). The Morgan fingerprint density at radius 2 is 1.69 bits per heavy atom. The first kappa shape index (κ1) is 24.4. The third-order valence-electron chi connectivity index (χ3n) is 6.60. The lowest BCUT2D eigenvalue weighted by Crippen LogP contribution is -2.53. The highest BCUT2D eigenvalue weighted by Gasteiger charge is 2.43. The monoisotopic (exact) mass is 482 g/mol.